The molecule has 1 aliphatic heterocycles. The van der Waals surface area contributed by atoms with Gasteiger partial charge in [-0.15, -0.1) is 0 Å². The van der Waals surface area contributed by atoms with Crippen LogP contribution in [0.1, 0.15) is 50.5 Å². The van der Waals surface area contributed by atoms with E-state index >= 15 is 0 Å². The van der Waals surface area contributed by atoms with Crippen LogP contribution in [0.25, 0.3) is 0 Å². The smallest absolute Gasteiger partial charge is 0.230 e. The molecule has 0 unspecified atom stereocenters. The van der Waals surface area contributed by atoms with Gasteiger partial charge in [0.25, 0.3) is 0 Å². The number of likely N-dealkylation sites (tertiary alicyclic amines) is 1. The molecule has 2 N–H and O–H groups in total. The maximum Gasteiger partial charge on any atom is 0.230 e. The molecule has 1 aromatic carbocycles. The standard InChI is InChI=1S/C23H32N2O4/c1-29-18-9-4-6-16(12-18)13-23(14-25(15-23)21(27)17-7-5-8-17)22(28)24-19-10-2-3-11-20(19)26/h4,6,9,12,17,19-20,26H,2-3,5,7-8,10-11,13-15H2,1H3,(H,24,28)/t19-,20-/m1/s1. The van der Waals surface area contributed by atoms with Crippen LogP contribution in [0.15, 0.2) is 24.3 Å². The third kappa shape index (κ3) is 4.13. The molecule has 3 fully saturated rings. The van der Waals surface area contributed by atoms with Crippen molar-refractivity contribution in [3.8, 4) is 5.75 Å². The van der Waals surface area contributed by atoms with Gasteiger partial charge in [0.05, 0.1) is 24.7 Å². The van der Waals surface area contributed by atoms with Gasteiger partial charge in [0.2, 0.25) is 11.8 Å². The molecule has 0 spiro atoms. The SMILES string of the molecule is COc1cccc(CC2(C(=O)N[C@@H]3CCCC[C@H]3O)CN(C(=O)C3CCC3)C2)c1. The minimum absolute atomic E-state index is 0.0380. The first-order valence-electron chi connectivity index (χ1n) is 10.9. The number of ether oxygens (including phenoxy) is 1. The first-order chi connectivity index (χ1) is 14.0. The van der Waals surface area contributed by atoms with Crippen LogP contribution in [-0.2, 0) is 16.0 Å². The Morgan fingerprint density at radius 3 is 2.59 bits per heavy atom. The number of hydrogen-bond donors (Lipinski definition) is 2. The van der Waals surface area contributed by atoms with E-state index in [0.717, 1.165) is 56.3 Å². The van der Waals surface area contributed by atoms with Gasteiger partial charge in [0, 0.05) is 19.0 Å². The summed E-state index contributed by atoms with van der Waals surface area (Å²) in [5.41, 5.74) is 0.391. The van der Waals surface area contributed by atoms with Crippen LogP contribution >= 0.6 is 0 Å². The zero-order valence-corrected chi connectivity index (χ0v) is 17.2. The largest absolute Gasteiger partial charge is 0.497 e. The summed E-state index contributed by atoms with van der Waals surface area (Å²) in [4.78, 5) is 27.8. The summed E-state index contributed by atoms with van der Waals surface area (Å²) in [6.45, 7) is 0.905. The summed E-state index contributed by atoms with van der Waals surface area (Å²) in [6.07, 6.45) is 6.73. The van der Waals surface area contributed by atoms with E-state index in [-0.39, 0.29) is 23.8 Å². The van der Waals surface area contributed by atoms with Crippen LogP contribution < -0.4 is 10.1 Å². The van der Waals surface area contributed by atoms with E-state index in [0.29, 0.717) is 19.5 Å². The maximum atomic E-state index is 13.3. The average molecular weight is 401 g/mol. The molecular formula is C23H32N2O4. The predicted octanol–water partition coefficient (Wildman–Crippen LogP) is 2.29. The van der Waals surface area contributed by atoms with Crippen molar-refractivity contribution in [1.29, 1.82) is 0 Å². The van der Waals surface area contributed by atoms with Gasteiger partial charge in [0.15, 0.2) is 0 Å². The molecule has 2 aliphatic carbocycles. The second-order valence-electron chi connectivity index (χ2n) is 9.06. The monoisotopic (exact) mass is 400 g/mol. The summed E-state index contributed by atoms with van der Waals surface area (Å²) < 4.78 is 5.33. The van der Waals surface area contributed by atoms with Crippen molar-refractivity contribution in [3.63, 3.8) is 0 Å². The number of aliphatic hydroxyl groups excluding tert-OH is 1. The molecule has 3 aliphatic rings. The fraction of sp³-hybridized carbons (Fsp3) is 0.652. The predicted molar refractivity (Wildman–Crippen MR) is 109 cm³/mol. The average Bonchev–Trinajstić information content (AvgIpc) is 2.64. The first kappa shape index (κ1) is 20.2. The summed E-state index contributed by atoms with van der Waals surface area (Å²) in [5, 5.41) is 13.4. The summed E-state index contributed by atoms with van der Waals surface area (Å²) in [5.74, 6) is 1.07. The molecule has 6 heteroatoms. The number of carbonyl (C=O) groups excluding carboxylic acids is 2. The van der Waals surface area contributed by atoms with E-state index in [1.165, 1.54) is 0 Å². The minimum atomic E-state index is -0.636. The quantitative estimate of drug-likeness (QED) is 0.768. The molecule has 0 bridgehead atoms. The molecular weight excluding hydrogens is 368 g/mol. The highest BCUT2D eigenvalue weighted by atomic mass is 16.5. The highest BCUT2D eigenvalue weighted by molar-refractivity contribution is 5.89. The maximum absolute atomic E-state index is 13.3. The molecule has 4 rings (SSSR count). The molecule has 2 saturated carbocycles. The van der Waals surface area contributed by atoms with Crippen LogP contribution in [0.2, 0.25) is 0 Å². The number of nitrogens with zero attached hydrogens (tertiary/aromatic N) is 1. The second-order valence-corrected chi connectivity index (χ2v) is 9.06. The Bertz CT molecular complexity index is 755. The fourth-order valence-corrected chi connectivity index (χ4v) is 4.86. The van der Waals surface area contributed by atoms with Gasteiger partial charge in [-0.25, -0.2) is 0 Å². The van der Waals surface area contributed by atoms with Crippen molar-refractivity contribution in [2.45, 2.75) is 63.5 Å². The first-order valence-corrected chi connectivity index (χ1v) is 10.9. The Morgan fingerprint density at radius 2 is 1.93 bits per heavy atom. The lowest BCUT2D eigenvalue weighted by Crippen LogP contribution is -2.68. The highest BCUT2D eigenvalue weighted by Gasteiger charge is 2.52. The van der Waals surface area contributed by atoms with E-state index in [2.05, 4.69) is 5.32 Å². The van der Waals surface area contributed by atoms with Gasteiger partial charge >= 0.3 is 0 Å². The number of methoxy groups -OCH3 is 1. The van der Waals surface area contributed by atoms with Gasteiger partial charge in [-0.2, -0.15) is 0 Å². The zero-order valence-electron chi connectivity index (χ0n) is 17.2. The molecule has 0 radical (unpaired) electrons. The number of nitrogens with one attached hydrogen (secondary N) is 1. The molecule has 2 atom stereocenters. The normalized spacial score (nSPS) is 26.2. The summed E-state index contributed by atoms with van der Waals surface area (Å²) in [6, 6.07) is 7.60. The summed E-state index contributed by atoms with van der Waals surface area (Å²) >= 11 is 0. The van der Waals surface area contributed by atoms with Gasteiger partial charge in [0.1, 0.15) is 5.75 Å². The minimum Gasteiger partial charge on any atom is -0.497 e. The van der Waals surface area contributed by atoms with Gasteiger partial charge in [-0.3, -0.25) is 9.59 Å². The second kappa shape index (κ2) is 8.34. The van der Waals surface area contributed by atoms with E-state index in [1.807, 2.05) is 29.2 Å². The number of hydrogen-bond acceptors (Lipinski definition) is 4. The number of carbonyl (C=O) groups is 2. The van der Waals surface area contributed by atoms with Crippen molar-refractivity contribution in [1.82, 2.24) is 10.2 Å². The molecule has 2 amide bonds. The van der Waals surface area contributed by atoms with Crippen LogP contribution in [0.3, 0.4) is 0 Å². The van der Waals surface area contributed by atoms with Crippen LogP contribution in [0.5, 0.6) is 5.75 Å². The third-order valence-corrected chi connectivity index (χ3v) is 6.96. The van der Waals surface area contributed by atoms with Crippen LogP contribution in [-0.4, -0.2) is 54.2 Å². The zero-order chi connectivity index (χ0) is 20.4. The fourth-order valence-electron chi connectivity index (χ4n) is 4.86. The van der Waals surface area contributed by atoms with Crippen molar-refractivity contribution in [2.75, 3.05) is 20.2 Å². The molecule has 158 valence electrons. The number of aliphatic hydroxyl groups is 1. The van der Waals surface area contributed by atoms with Crippen molar-refractivity contribution >= 4 is 11.8 Å². The lowest BCUT2D eigenvalue weighted by atomic mass is 9.72. The Kier molecular flexibility index (Phi) is 5.81. The van der Waals surface area contributed by atoms with Crippen molar-refractivity contribution in [3.05, 3.63) is 29.8 Å². The number of rotatable bonds is 6. The van der Waals surface area contributed by atoms with Crippen LogP contribution in [0, 0.1) is 11.3 Å². The van der Waals surface area contributed by atoms with E-state index in [1.54, 1.807) is 7.11 Å². The molecule has 1 heterocycles. The summed E-state index contributed by atoms with van der Waals surface area (Å²) in [7, 11) is 1.63. The number of benzene rings is 1. The lowest BCUT2D eigenvalue weighted by molar-refractivity contribution is -0.159. The van der Waals surface area contributed by atoms with E-state index in [4.69, 9.17) is 4.74 Å². The van der Waals surface area contributed by atoms with E-state index in [9.17, 15) is 14.7 Å². The molecule has 29 heavy (non-hydrogen) atoms. The lowest BCUT2D eigenvalue weighted by Gasteiger charge is -2.51. The highest BCUT2D eigenvalue weighted by Crippen LogP contribution is 2.39. The molecule has 0 aromatic heterocycles. The Balaban J connectivity index is 1.49. The number of amides is 2. The van der Waals surface area contributed by atoms with Crippen molar-refractivity contribution in [2.24, 2.45) is 11.3 Å². The Labute approximate surface area is 172 Å². The van der Waals surface area contributed by atoms with Gasteiger partial charge in [-0.1, -0.05) is 31.4 Å². The molecule has 1 saturated heterocycles. The van der Waals surface area contributed by atoms with Crippen molar-refractivity contribution < 1.29 is 19.4 Å². The molecule has 1 aromatic rings. The third-order valence-electron chi connectivity index (χ3n) is 6.96. The van der Waals surface area contributed by atoms with Gasteiger partial charge < -0.3 is 20.1 Å². The van der Waals surface area contributed by atoms with Crippen LogP contribution in [0.4, 0.5) is 0 Å². The molecule has 6 nitrogen and oxygen atoms in total. The Morgan fingerprint density at radius 1 is 1.17 bits per heavy atom. The van der Waals surface area contributed by atoms with E-state index < -0.39 is 11.5 Å². The van der Waals surface area contributed by atoms with Gasteiger partial charge in [-0.05, 0) is 49.8 Å². The Hall–Kier alpha value is -2.08. The topological polar surface area (TPSA) is 78.9 Å².